The molecule has 5 heteroatoms. The van der Waals surface area contributed by atoms with Crippen LogP contribution >= 0.6 is 0 Å². The number of methoxy groups -OCH3 is 1. The highest BCUT2D eigenvalue weighted by molar-refractivity contribution is 5.62. The lowest BCUT2D eigenvalue weighted by molar-refractivity contribution is 0.269. The molecule has 0 N–H and O–H groups in total. The van der Waals surface area contributed by atoms with Crippen molar-refractivity contribution in [2.24, 2.45) is 0 Å². The number of hydrogen-bond donors (Lipinski definition) is 0. The van der Waals surface area contributed by atoms with Gasteiger partial charge < -0.3 is 14.1 Å². The molecule has 1 aliphatic rings. The monoisotopic (exact) mass is 287 g/mol. The smallest absolute Gasteiger partial charge is 0.251 e. The Morgan fingerprint density at radius 1 is 1.29 bits per heavy atom. The fraction of sp³-hybridized carbons (Fsp3) is 0.500. The molecule has 1 aliphatic heterocycles. The maximum Gasteiger partial charge on any atom is 0.251 e. The summed E-state index contributed by atoms with van der Waals surface area (Å²) in [6.45, 7) is 6.52. The van der Waals surface area contributed by atoms with Gasteiger partial charge in [-0.25, -0.2) is 0 Å². The topological polar surface area (TPSA) is 51.4 Å². The van der Waals surface area contributed by atoms with Crippen LogP contribution in [0.3, 0.4) is 0 Å². The van der Waals surface area contributed by atoms with E-state index in [9.17, 15) is 0 Å². The second-order valence-electron chi connectivity index (χ2n) is 5.72. The number of ether oxygens (including phenoxy) is 1. The number of para-hydroxylation sites is 1. The standard InChI is InChI=1S/C16H21N3O2/c1-11(2)19-9-8-12(10-19)15-17-18-16(21-15)13-6-4-5-7-14(13)20-3/h4-7,11-12H,8-10H2,1-3H3/t12-/m0/s1. The second-order valence-corrected chi connectivity index (χ2v) is 5.72. The fourth-order valence-electron chi connectivity index (χ4n) is 2.79. The van der Waals surface area contributed by atoms with Crippen molar-refractivity contribution in [2.75, 3.05) is 20.2 Å². The van der Waals surface area contributed by atoms with Crippen LogP contribution in [0.15, 0.2) is 28.7 Å². The molecule has 5 nitrogen and oxygen atoms in total. The lowest BCUT2D eigenvalue weighted by Crippen LogP contribution is -2.27. The third-order valence-electron chi connectivity index (χ3n) is 4.08. The molecule has 0 radical (unpaired) electrons. The summed E-state index contributed by atoms with van der Waals surface area (Å²) >= 11 is 0. The molecule has 0 unspecified atom stereocenters. The first-order valence-corrected chi connectivity index (χ1v) is 7.40. The quantitative estimate of drug-likeness (QED) is 0.865. The van der Waals surface area contributed by atoms with Gasteiger partial charge in [0.2, 0.25) is 5.89 Å². The summed E-state index contributed by atoms with van der Waals surface area (Å²) in [5.41, 5.74) is 0.845. The Bertz CT molecular complexity index is 609. The van der Waals surface area contributed by atoms with E-state index >= 15 is 0 Å². The van der Waals surface area contributed by atoms with Gasteiger partial charge in [0.1, 0.15) is 5.75 Å². The largest absolute Gasteiger partial charge is 0.496 e. The van der Waals surface area contributed by atoms with E-state index < -0.39 is 0 Å². The zero-order valence-electron chi connectivity index (χ0n) is 12.7. The normalized spacial score (nSPS) is 19.3. The zero-order chi connectivity index (χ0) is 14.8. The molecule has 2 heterocycles. The Hall–Kier alpha value is -1.88. The highest BCUT2D eigenvalue weighted by Crippen LogP contribution is 2.32. The molecule has 112 valence electrons. The predicted molar refractivity (Wildman–Crippen MR) is 80.4 cm³/mol. The van der Waals surface area contributed by atoms with Crippen LogP contribution in [0.4, 0.5) is 0 Å². The van der Waals surface area contributed by atoms with Crippen LogP contribution in [0, 0.1) is 0 Å². The van der Waals surface area contributed by atoms with Gasteiger partial charge in [-0.1, -0.05) is 12.1 Å². The molecule has 0 spiro atoms. The van der Waals surface area contributed by atoms with Crippen molar-refractivity contribution in [3.63, 3.8) is 0 Å². The third-order valence-corrected chi connectivity index (χ3v) is 4.08. The molecular formula is C16H21N3O2. The molecule has 0 amide bonds. The van der Waals surface area contributed by atoms with Gasteiger partial charge in [0.15, 0.2) is 0 Å². The van der Waals surface area contributed by atoms with Gasteiger partial charge in [-0.2, -0.15) is 0 Å². The Labute approximate surface area is 124 Å². The first-order valence-electron chi connectivity index (χ1n) is 7.40. The van der Waals surface area contributed by atoms with E-state index in [0.29, 0.717) is 17.9 Å². The van der Waals surface area contributed by atoms with E-state index in [1.165, 1.54) is 0 Å². The van der Waals surface area contributed by atoms with Gasteiger partial charge in [0.25, 0.3) is 5.89 Å². The van der Waals surface area contributed by atoms with Crippen LogP contribution in [0.1, 0.15) is 32.1 Å². The summed E-state index contributed by atoms with van der Waals surface area (Å²) in [6, 6.07) is 8.27. The molecule has 2 aromatic rings. The van der Waals surface area contributed by atoms with Crippen molar-refractivity contribution in [3.8, 4) is 17.2 Å². The van der Waals surface area contributed by atoms with Crippen molar-refractivity contribution in [3.05, 3.63) is 30.2 Å². The number of nitrogens with zero attached hydrogens (tertiary/aromatic N) is 3. The van der Waals surface area contributed by atoms with Crippen molar-refractivity contribution < 1.29 is 9.15 Å². The summed E-state index contributed by atoms with van der Waals surface area (Å²) in [5, 5.41) is 8.44. The molecule has 0 bridgehead atoms. The second kappa shape index (κ2) is 5.85. The van der Waals surface area contributed by atoms with Crippen molar-refractivity contribution in [2.45, 2.75) is 32.2 Å². The van der Waals surface area contributed by atoms with Crippen molar-refractivity contribution >= 4 is 0 Å². The highest BCUT2D eigenvalue weighted by atomic mass is 16.5. The lowest BCUT2D eigenvalue weighted by atomic mass is 10.1. The zero-order valence-corrected chi connectivity index (χ0v) is 12.7. The van der Waals surface area contributed by atoms with Crippen LogP contribution in [0.2, 0.25) is 0 Å². The SMILES string of the molecule is COc1ccccc1-c1nnc([C@H]2CCN(C(C)C)C2)o1. The fourth-order valence-corrected chi connectivity index (χ4v) is 2.79. The first-order chi connectivity index (χ1) is 10.2. The summed E-state index contributed by atoms with van der Waals surface area (Å²) in [5.74, 6) is 2.36. The number of aromatic nitrogens is 2. The summed E-state index contributed by atoms with van der Waals surface area (Å²) in [7, 11) is 1.65. The molecule has 1 fully saturated rings. The lowest BCUT2D eigenvalue weighted by Gasteiger charge is -2.19. The van der Waals surface area contributed by atoms with Gasteiger partial charge in [-0.05, 0) is 38.9 Å². The molecule has 1 atom stereocenters. The summed E-state index contributed by atoms with van der Waals surface area (Å²) in [6.07, 6.45) is 1.08. The minimum atomic E-state index is 0.336. The predicted octanol–water partition coefficient (Wildman–Crippen LogP) is 2.94. The molecular weight excluding hydrogens is 266 g/mol. The number of likely N-dealkylation sites (tertiary alicyclic amines) is 1. The van der Waals surface area contributed by atoms with Crippen LogP contribution in [-0.4, -0.2) is 41.3 Å². The first kappa shape index (κ1) is 14.1. The van der Waals surface area contributed by atoms with Gasteiger partial charge >= 0.3 is 0 Å². The van der Waals surface area contributed by atoms with E-state index in [1.807, 2.05) is 24.3 Å². The molecule has 21 heavy (non-hydrogen) atoms. The molecule has 3 rings (SSSR count). The maximum atomic E-state index is 5.90. The molecule has 1 aromatic heterocycles. The minimum Gasteiger partial charge on any atom is -0.496 e. The van der Waals surface area contributed by atoms with E-state index in [4.69, 9.17) is 9.15 Å². The van der Waals surface area contributed by atoms with Gasteiger partial charge in [-0.15, -0.1) is 10.2 Å². The van der Waals surface area contributed by atoms with Crippen LogP contribution in [0.25, 0.3) is 11.5 Å². The van der Waals surface area contributed by atoms with Crippen LogP contribution in [0.5, 0.6) is 5.75 Å². The Morgan fingerprint density at radius 2 is 2.10 bits per heavy atom. The van der Waals surface area contributed by atoms with E-state index in [1.54, 1.807) is 7.11 Å². The average molecular weight is 287 g/mol. The molecule has 1 saturated heterocycles. The van der Waals surface area contributed by atoms with Crippen LogP contribution in [-0.2, 0) is 0 Å². The summed E-state index contributed by atoms with van der Waals surface area (Å²) < 4.78 is 11.2. The van der Waals surface area contributed by atoms with Crippen LogP contribution < -0.4 is 4.74 Å². The van der Waals surface area contributed by atoms with E-state index in [2.05, 4.69) is 28.9 Å². The highest BCUT2D eigenvalue weighted by Gasteiger charge is 2.29. The van der Waals surface area contributed by atoms with E-state index in [0.717, 1.165) is 36.7 Å². The third kappa shape index (κ3) is 2.78. The van der Waals surface area contributed by atoms with Crippen molar-refractivity contribution in [1.29, 1.82) is 0 Å². The number of benzene rings is 1. The van der Waals surface area contributed by atoms with Gasteiger partial charge in [0, 0.05) is 12.6 Å². The maximum absolute atomic E-state index is 5.90. The Morgan fingerprint density at radius 3 is 2.81 bits per heavy atom. The van der Waals surface area contributed by atoms with Crippen molar-refractivity contribution in [1.82, 2.24) is 15.1 Å². The van der Waals surface area contributed by atoms with Gasteiger partial charge in [0.05, 0.1) is 18.6 Å². The summed E-state index contributed by atoms with van der Waals surface area (Å²) in [4.78, 5) is 2.44. The molecule has 1 aromatic carbocycles. The number of hydrogen-bond acceptors (Lipinski definition) is 5. The van der Waals surface area contributed by atoms with E-state index in [-0.39, 0.29) is 0 Å². The average Bonchev–Trinajstić information content (AvgIpc) is 3.16. The Kier molecular flexibility index (Phi) is 3.92. The minimum absolute atomic E-state index is 0.336. The van der Waals surface area contributed by atoms with Gasteiger partial charge in [-0.3, -0.25) is 0 Å². The molecule has 0 saturated carbocycles. The number of rotatable bonds is 4. The molecule has 0 aliphatic carbocycles. The Balaban J connectivity index is 1.81.